The minimum absolute atomic E-state index is 0.0187. The van der Waals surface area contributed by atoms with Crippen LogP contribution in [0.15, 0.2) is 46.9 Å². The van der Waals surface area contributed by atoms with Gasteiger partial charge in [0.05, 0.1) is 6.04 Å². The summed E-state index contributed by atoms with van der Waals surface area (Å²) >= 11 is 3.51. The van der Waals surface area contributed by atoms with Crippen LogP contribution in [0.5, 0.6) is 0 Å². The standard InChI is InChI=1S/C18H23BrN2/c1-12(2)9-14-5-4-6-15(11-14)18(21-20)17-8-7-16(19)10-13(17)3/h4-8,10-12,18,21H,9,20H2,1-3H3. The molecule has 0 spiro atoms. The summed E-state index contributed by atoms with van der Waals surface area (Å²) in [7, 11) is 0. The maximum Gasteiger partial charge on any atom is 0.0712 e. The van der Waals surface area contributed by atoms with E-state index in [1.807, 2.05) is 0 Å². The van der Waals surface area contributed by atoms with Gasteiger partial charge in [-0.25, -0.2) is 5.43 Å². The highest BCUT2D eigenvalue weighted by Gasteiger charge is 2.15. The van der Waals surface area contributed by atoms with E-state index in [4.69, 9.17) is 5.84 Å². The molecule has 0 aliphatic carbocycles. The number of nitrogens with one attached hydrogen (secondary N) is 1. The molecule has 0 aromatic heterocycles. The Kier molecular flexibility index (Phi) is 5.57. The number of hydrazine groups is 1. The second-order valence-corrected chi connectivity index (χ2v) is 6.86. The van der Waals surface area contributed by atoms with E-state index in [1.165, 1.54) is 22.3 Å². The lowest BCUT2D eigenvalue weighted by molar-refractivity contribution is 0.625. The number of hydrogen-bond acceptors (Lipinski definition) is 2. The van der Waals surface area contributed by atoms with Crippen molar-refractivity contribution in [1.82, 2.24) is 5.43 Å². The van der Waals surface area contributed by atoms with E-state index < -0.39 is 0 Å². The highest BCUT2D eigenvalue weighted by atomic mass is 79.9. The SMILES string of the molecule is Cc1cc(Br)ccc1C(NN)c1cccc(CC(C)C)c1. The minimum Gasteiger partial charge on any atom is -0.271 e. The summed E-state index contributed by atoms with van der Waals surface area (Å²) in [6, 6.07) is 15.0. The third kappa shape index (κ3) is 4.16. The van der Waals surface area contributed by atoms with Crippen molar-refractivity contribution in [2.75, 3.05) is 0 Å². The van der Waals surface area contributed by atoms with E-state index in [1.54, 1.807) is 0 Å². The van der Waals surface area contributed by atoms with Gasteiger partial charge in [-0.1, -0.05) is 60.1 Å². The van der Waals surface area contributed by atoms with E-state index in [0.29, 0.717) is 5.92 Å². The van der Waals surface area contributed by atoms with Crippen molar-refractivity contribution in [3.63, 3.8) is 0 Å². The van der Waals surface area contributed by atoms with Crippen LogP contribution in [0.1, 0.15) is 42.1 Å². The van der Waals surface area contributed by atoms with E-state index >= 15 is 0 Å². The van der Waals surface area contributed by atoms with E-state index in [0.717, 1.165) is 10.9 Å². The molecule has 3 N–H and O–H groups in total. The Hall–Kier alpha value is -1.16. The Morgan fingerprint density at radius 2 is 1.90 bits per heavy atom. The molecule has 112 valence electrons. The van der Waals surface area contributed by atoms with Crippen molar-refractivity contribution in [3.05, 3.63) is 69.2 Å². The predicted molar refractivity (Wildman–Crippen MR) is 93.0 cm³/mol. The van der Waals surface area contributed by atoms with Crippen molar-refractivity contribution >= 4 is 15.9 Å². The van der Waals surface area contributed by atoms with Crippen LogP contribution in [0.4, 0.5) is 0 Å². The first kappa shape index (κ1) is 16.2. The second-order valence-electron chi connectivity index (χ2n) is 5.94. The van der Waals surface area contributed by atoms with Crippen LogP contribution in [0.3, 0.4) is 0 Å². The summed E-state index contributed by atoms with van der Waals surface area (Å²) in [6.45, 7) is 6.59. The zero-order chi connectivity index (χ0) is 15.4. The number of hydrogen-bond donors (Lipinski definition) is 2. The molecule has 0 saturated carbocycles. The van der Waals surface area contributed by atoms with Gasteiger partial charge in [-0.3, -0.25) is 5.84 Å². The van der Waals surface area contributed by atoms with Crippen molar-refractivity contribution < 1.29 is 0 Å². The van der Waals surface area contributed by atoms with Crippen LogP contribution in [0, 0.1) is 12.8 Å². The Labute approximate surface area is 135 Å². The Morgan fingerprint density at radius 3 is 2.52 bits per heavy atom. The second kappa shape index (κ2) is 7.21. The van der Waals surface area contributed by atoms with Crippen LogP contribution in [-0.2, 0) is 6.42 Å². The van der Waals surface area contributed by atoms with Crippen LogP contribution in [0.25, 0.3) is 0 Å². The monoisotopic (exact) mass is 346 g/mol. The lowest BCUT2D eigenvalue weighted by Gasteiger charge is -2.20. The number of nitrogens with two attached hydrogens (primary N) is 1. The largest absolute Gasteiger partial charge is 0.271 e. The molecule has 0 aliphatic heterocycles. The highest BCUT2D eigenvalue weighted by Crippen LogP contribution is 2.27. The summed E-state index contributed by atoms with van der Waals surface area (Å²) in [5, 5.41) is 0. The summed E-state index contributed by atoms with van der Waals surface area (Å²) < 4.78 is 1.09. The topological polar surface area (TPSA) is 38.0 Å². The van der Waals surface area contributed by atoms with Crippen molar-refractivity contribution in [1.29, 1.82) is 0 Å². The summed E-state index contributed by atoms with van der Waals surface area (Å²) in [4.78, 5) is 0. The smallest absolute Gasteiger partial charge is 0.0712 e. The quantitative estimate of drug-likeness (QED) is 0.617. The Morgan fingerprint density at radius 1 is 1.14 bits per heavy atom. The fraction of sp³-hybridized carbons (Fsp3) is 0.333. The molecule has 1 atom stereocenters. The normalized spacial score (nSPS) is 12.7. The predicted octanol–water partition coefficient (Wildman–Crippen LogP) is 4.51. The van der Waals surface area contributed by atoms with Crippen LogP contribution in [-0.4, -0.2) is 0 Å². The van der Waals surface area contributed by atoms with Crippen molar-refractivity contribution in [2.24, 2.45) is 11.8 Å². The first-order valence-electron chi connectivity index (χ1n) is 7.32. The number of halogens is 1. The molecule has 0 aliphatic rings. The molecule has 0 bridgehead atoms. The van der Waals surface area contributed by atoms with E-state index in [-0.39, 0.29) is 6.04 Å². The molecule has 2 rings (SSSR count). The molecule has 0 heterocycles. The number of rotatable bonds is 5. The van der Waals surface area contributed by atoms with Gasteiger partial charge in [0.1, 0.15) is 0 Å². The molecule has 0 amide bonds. The fourth-order valence-corrected chi connectivity index (χ4v) is 3.18. The van der Waals surface area contributed by atoms with Gasteiger partial charge < -0.3 is 0 Å². The lowest BCUT2D eigenvalue weighted by Crippen LogP contribution is -2.29. The molecule has 0 saturated heterocycles. The summed E-state index contributed by atoms with van der Waals surface area (Å²) in [5.74, 6) is 6.49. The summed E-state index contributed by atoms with van der Waals surface area (Å²) in [6.07, 6.45) is 1.09. The van der Waals surface area contributed by atoms with Gasteiger partial charge >= 0.3 is 0 Å². The minimum atomic E-state index is 0.0187. The zero-order valence-corrected chi connectivity index (χ0v) is 14.4. The molecular weight excluding hydrogens is 324 g/mol. The van der Waals surface area contributed by atoms with Gasteiger partial charge in [-0.15, -0.1) is 0 Å². The van der Waals surface area contributed by atoms with Gasteiger partial charge in [0.15, 0.2) is 0 Å². The molecule has 2 aromatic rings. The average Bonchev–Trinajstić information content (AvgIpc) is 2.41. The maximum atomic E-state index is 5.83. The van der Waals surface area contributed by atoms with Gasteiger partial charge in [0, 0.05) is 4.47 Å². The first-order valence-corrected chi connectivity index (χ1v) is 8.11. The summed E-state index contributed by atoms with van der Waals surface area (Å²) in [5.41, 5.74) is 7.96. The third-order valence-electron chi connectivity index (χ3n) is 3.64. The van der Waals surface area contributed by atoms with Gasteiger partial charge in [0.25, 0.3) is 0 Å². The molecule has 0 fully saturated rings. The van der Waals surface area contributed by atoms with Crippen LogP contribution >= 0.6 is 15.9 Å². The molecule has 1 unspecified atom stereocenters. The number of aryl methyl sites for hydroxylation is 1. The molecule has 21 heavy (non-hydrogen) atoms. The lowest BCUT2D eigenvalue weighted by atomic mass is 9.93. The average molecular weight is 347 g/mol. The third-order valence-corrected chi connectivity index (χ3v) is 4.13. The molecule has 2 nitrogen and oxygen atoms in total. The highest BCUT2D eigenvalue weighted by molar-refractivity contribution is 9.10. The number of benzene rings is 2. The van der Waals surface area contributed by atoms with Gasteiger partial charge in [-0.05, 0) is 53.6 Å². The van der Waals surface area contributed by atoms with Crippen LogP contribution in [0.2, 0.25) is 0 Å². The molecule has 0 radical (unpaired) electrons. The zero-order valence-electron chi connectivity index (χ0n) is 12.9. The molecule has 3 heteroatoms. The first-order chi connectivity index (χ1) is 10.0. The maximum absolute atomic E-state index is 5.83. The Bertz CT molecular complexity index is 608. The Balaban J connectivity index is 2.37. The van der Waals surface area contributed by atoms with E-state index in [9.17, 15) is 0 Å². The molecule has 2 aromatic carbocycles. The fourth-order valence-electron chi connectivity index (χ4n) is 2.70. The van der Waals surface area contributed by atoms with Crippen molar-refractivity contribution in [2.45, 2.75) is 33.2 Å². The van der Waals surface area contributed by atoms with E-state index in [2.05, 4.69) is 84.6 Å². The van der Waals surface area contributed by atoms with Crippen molar-refractivity contribution in [3.8, 4) is 0 Å². The van der Waals surface area contributed by atoms with Gasteiger partial charge in [-0.2, -0.15) is 0 Å². The van der Waals surface area contributed by atoms with Crippen LogP contribution < -0.4 is 11.3 Å². The molecular formula is C18H23BrN2. The van der Waals surface area contributed by atoms with Gasteiger partial charge in [0.2, 0.25) is 0 Å².